The molecule has 1 fully saturated rings. The molecule has 5 heteroatoms. The van der Waals surface area contributed by atoms with Gasteiger partial charge < -0.3 is 0 Å². The fourth-order valence-corrected chi connectivity index (χ4v) is 3.23. The van der Waals surface area contributed by atoms with Crippen LogP contribution in [-0.2, 0) is 6.54 Å². The van der Waals surface area contributed by atoms with Crippen molar-refractivity contribution < 1.29 is 0 Å². The molecule has 1 aliphatic rings. The van der Waals surface area contributed by atoms with Gasteiger partial charge in [-0.3, -0.25) is 4.90 Å². The van der Waals surface area contributed by atoms with E-state index in [9.17, 15) is 0 Å². The summed E-state index contributed by atoms with van der Waals surface area (Å²) in [6, 6.07) is 8.80. The predicted molar refractivity (Wildman–Crippen MR) is 82.8 cm³/mol. The molecule has 0 amide bonds. The van der Waals surface area contributed by atoms with Crippen molar-refractivity contribution in [1.29, 1.82) is 0 Å². The van der Waals surface area contributed by atoms with Gasteiger partial charge in [0.1, 0.15) is 0 Å². The summed E-state index contributed by atoms with van der Waals surface area (Å²) in [5.74, 6) is 0. The van der Waals surface area contributed by atoms with Gasteiger partial charge in [-0.05, 0) is 38.1 Å². The Morgan fingerprint density at radius 2 is 2.15 bits per heavy atom. The minimum absolute atomic E-state index is 0.714. The maximum absolute atomic E-state index is 4.29. The standard InChI is InChI=1S/C15H19BrN4/c1-19(14-6-2-3-7-14)10-13-11-20(18-17-13)15-8-4-5-12(16)9-15/h4-5,8-9,11,14H,2-3,6-7,10H2,1H3. The molecule has 0 spiro atoms. The zero-order valence-corrected chi connectivity index (χ0v) is 13.3. The van der Waals surface area contributed by atoms with Crippen LogP contribution in [0.2, 0.25) is 0 Å². The van der Waals surface area contributed by atoms with Gasteiger partial charge in [-0.25, -0.2) is 4.68 Å². The Hall–Kier alpha value is -1.20. The molecule has 0 saturated heterocycles. The van der Waals surface area contributed by atoms with Crippen LogP contribution in [0.4, 0.5) is 0 Å². The Balaban J connectivity index is 1.70. The Labute approximate surface area is 127 Å². The van der Waals surface area contributed by atoms with Crippen molar-refractivity contribution in [3.05, 3.63) is 40.6 Å². The fourth-order valence-electron chi connectivity index (χ4n) is 2.85. The van der Waals surface area contributed by atoms with E-state index in [0.717, 1.165) is 22.4 Å². The average molecular weight is 335 g/mol. The molecule has 1 aromatic carbocycles. The van der Waals surface area contributed by atoms with Crippen molar-refractivity contribution in [1.82, 2.24) is 19.9 Å². The van der Waals surface area contributed by atoms with E-state index >= 15 is 0 Å². The fraction of sp³-hybridized carbons (Fsp3) is 0.467. The molecule has 106 valence electrons. The van der Waals surface area contributed by atoms with Crippen LogP contribution in [0.3, 0.4) is 0 Å². The van der Waals surface area contributed by atoms with E-state index in [2.05, 4.69) is 38.2 Å². The van der Waals surface area contributed by atoms with E-state index in [1.165, 1.54) is 25.7 Å². The van der Waals surface area contributed by atoms with Crippen LogP contribution in [0, 0.1) is 0 Å². The number of aromatic nitrogens is 3. The van der Waals surface area contributed by atoms with Crippen molar-refractivity contribution >= 4 is 15.9 Å². The van der Waals surface area contributed by atoms with E-state index in [1.54, 1.807) is 0 Å². The molecule has 0 aliphatic heterocycles. The lowest BCUT2D eigenvalue weighted by Gasteiger charge is -2.22. The highest BCUT2D eigenvalue weighted by atomic mass is 79.9. The molecule has 20 heavy (non-hydrogen) atoms. The summed E-state index contributed by atoms with van der Waals surface area (Å²) < 4.78 is 2.89. The zero-order valence-electron chi connectivity index (χ0n) is 11.7. The van der Waals surface area contributed by atoms with Gasteiger partial charge in [-0.15, -0.1) is 5.10 Å². The molecule has 3 rings (SSSR count). The normalized spacial score (nSPS) is 16.1. The van der Waals surface area contributed by atoms with Gasteiger partial charge in [0.05, 0.1) is 17.6 Å². The van der Waals surface area contributed by atoms with Gasteiger partial charge in [0.25, 0.3) is 0 Å². The van der Waals surface area contributed by atoms with Crippen molar-refractivity contribution in [3.63, 3.8) is 0 Å². The number of halogens is 1. The average Bonchev–Trinajstić information content (AvgIpc) is 3.10. The minimum Gasteiger partial charge on any atom is -0.297 e. The first-order valence-electron chi connectivity index (χ1n) is 7.10. The van der Waals surface area contributed by atoms with Gasteiger partial charge in [0.2, 0.25) is 0 Å². The van der Waals surface area contributed by atoms with Crippen molar-refractivity contribution in [2.75, 3.05) is 7.05 Å². The van der Waals surface area contributed by atoms with Crippen LogP contribution in [0.5, 0.6) is 0 Å². The molecule has 0 bridgehead atoms. The monoisotopic (exact) mass is 334 g/mol. The number of rotatable bonds is 4. The second-order valence-corrected chi connectivity index (χ2v) is 6.40. The molecule has 1 heterocycles. The topological polar surface area (TPSA) is 34.0 Å². The first kappa shape index (κ1) is 13.8. The molecule has 1 aliphatic carbocycles. The number of benzene rings is 1. The van der Waals surface area contributed by atoms with Gasteiger partial charge in [0.15, 0.2) is 0 Å². The van der Waals surface area contributed by atoms with E-state index in [0.29, 0.717) is 6.04 Å². The highest BCUT2D eigenvalue weighted by Crippen LogP contribution is 2.23. The first-order chi connectivity index (χ1) is 9.72. The summed E-state index contributed by atoms with van der Waals surface area (Å²) in [4.78, 5) is 2.41. The van der Waals surface area contributed by atoms with Crippen LogP contribution in [-0.4, -0.2) is 33.0 Å². The molecule has 2 aromatic rings. The molecule has 0 radical (unpaired) electrons. The zero-order chi connectivity index (χ0) is 13.9. The van der Waals surface area contributed by atoms with Gasteiger partial charge >= 0.3 is 0 Å². The Morgan fingerprint density at radius 1 is 1.35 bits per heavy atom. The van der Waals surface area contributed by atoms with Gasteiger partial charge in [-0.2, -0.15) is 0 Å². The maximum atomic E-state index is 4.29. The molecular formula is C15H19BrN4. The lowest BCUT2D eigenvalue weighted by atomic mass is 10.2. The molecule has 0 N–H and O–H groups in total. The van der Waals surface area contributed by atoms with Gasteiger partial charge in [-0.1, -0.05) is 40.1 Å². The Bertz CT molecular complexity index is 575. The highest BCUT2D eigenvalue weighted by molar-refractivity contribution is 9.10. The summed E-state index contributed by atoms with van der Waals surface area (Å²) in [7, 11) is 2.19. The van der Waals surface area contributed by atoms with E-state index in [1.807, 2.05) is 35.1 Å². The summed E-state index contributed by atoms with van der Waals surface area (Å²) in [6.07, 6.45) is 7.37. The minimum atomic E-state index is 0.714. The molecule has 1 saturated carbocycles. The van der Waals surface area contributed by atoms with E-state index in [-0.39, 0.29) is 0 Å². The van der Waals surface area contributed by atoms with E-state index < -0.39 is 0 Å². The quantitative estimate of drug-likeness (QED) is 0.859. The lowest BCUT2D eigenvalue weighted by Crippen LogP contribution is -2.28. The molecule has 1 aromatic heterocycles. The van der Waals surface area contributed by atoms with Crippen LogP contribution in [0.15, 0.2) is 34.9 Å². The lowest BCUT2D eigenvalue weighted by molar-refractivity contribution is 0.234. The molecule has 0 unspecified atom stereocenters. The predicted octanol–water partition coefficient (Wildman–Crippen LogP) is 3.40. The van der Waals surface area contributed by atoms with Gasteiger partial charge in [0, 0.05) is 17.1 Å². The van der Waals surface area contributed by atoms with Crippen molar-refractivity contribution in [2.45, 2.75) is 38.3 Å². The smallest absolute Gasteiger partial charge is 0.0971 e. The second kappa shape index (κ2) is 6.06. The summed E-state index contributed by atoms with van der Waals surface area (Å²) in [6.45, 7) is 0.874. The van der Waals surface area contributed by atoms with Crippen LogP contribution < -0.4 is 0 Å². The summed E-state index contributed by atoms with van der Waals surface area (Å²) >= 11 is 3.48. The largest absolute Gasteiger partial charge is 0.297 e. The first-order valence-corrected chi connectivity index (χ1v) is 7.89. The highest BCUT2D eigenvalue weighted by Gasteiger charge is 2.20. The third-order valence-corrected chi connectivity index (χ3v) is 4.47. The molecular weight excluding hydrogens is 316 g/mol. The maximum Gasteiger partial charge on any atom is 0.0971 e. The van der Waals surface area contributed by atoms with E-state index in [4.69, 9.17) is 0 Å². The Morgan fingerprint density at radius 3 is 2.90 bits per heavy atom. The van der Waals surface area contributed by atoms with Crippen molar-refractivity contribution in [2.24, 2.45) is 0 Å². The SMILES string of the molecule is CN(Cc1cn(-c2cccc(Br)c2)nn1)C1CCCC1. The van der Waals surface area contributed by atoms with Crippen LogP contribution in [0.25, 0.3) is 5.69 Å². The third kappa shape index (κ3) is 3.10. The van der Waals surface area contributed by atoms with Crippen LogP contribution in [0.1, 0.15) is 31.4 Å². The molecule has 4 nitrogen and oxygen atoms in total. The summed E-state index contributed by atoms with van der Waals surface area (Å²) in [5.41, 5.74) is 2.06. The van der Waals surface area contributed by atoms with Crippen LogP contribution >= 0.6 is 15.9 Å². The number of hydrogen-bond donors (Lipinski definition) is 0. The Kier molecular flexibility index (Phi) is 4.17. The van der Waals surface area contributed by atoms with Crippen molar-refractivity contribution in [3.8, 4) is 5.69 Å². The number of nitrogens with zero attached hydrogens (tertiary/aromatic N) is 4. The summed E-state index contributed by atoms with van der Waals surface area (Å²) in [5, 5.41) is 8.52. The second-order valence-electron chi connectivity index (χ2n) is 5.49. The molecule has 0 atom stereocenters. The third-order valence-electron chi connectivity index (χ3n) is 3.97. The number of hydrogen-bond acceptors (Lipinski definition) is 3.